The highest BCUT2D eigenvalue weighted by atomic mass is 32.1. The maximum absolute atomic E-state index is 13.7. The molecule has 0 radical (unpaired) electrons. The van der Waals surface area contributed by atoms with Crippen LogP contribution in [0.25, 0.3) is 17.4 Å². The van der Waals surface area contributed by atoms with Gasteiger partial charge in [-0.05, 0) is 43.7 Å². The number of allylic oxidation sites excluding steroid dienone is 1. The van der Waals surface area contributed by atoms with E-state index in [1.807, 2.05) is 30.3 Å². The van der Waals surface area contributed by atoms with E-state index in [9.17, 15) is 24.1 Å². The number of nitro groups is 1. The van der Waals surface area contributed by atoms with Crippen LogP contribution >= 0.6 is 11.3 Å². The number of ether oxygens (including phenoxy) is 1. The van der Waals surface area contributed by atoms with Crippen molar-refractivity contribution >= 4 is 29.1 Å². The topological polar surface area (TPSA) is 117 Å². The first-order chi connectivity index (χ1) is 18.3. The Hall–Kier alpha value is -4.64. The number of carbonyl (C=O) groups excluding carboxylic acids is 1. The molecule has 0 amide bonds. The number of thiazole rings is 1. The Labute approximate surface area is 218 Å². The number of rotatable bonds is 6. The largest absolute Gasteiger partial charge is 0.463 e. The fourth-order valence-electron chi connectivity index (χ4n) is 4.26. The Morgan fingerprint density at radius 2 is 2.00 bits per heavy atom. The highest BCUT2D eigenvalue weighted by Crippen LogP contribution is 2.31. The summed E-state index contributed by atoms with van der Waals surface area (Å²) in [5.74, 6) is -0.900. The van der Waals surface area contributed by atoms with Gasteiger partial charge in [0, 0.05) is 17.7 Å². The highest BCUT2D eigenvalue weighted by Gasteiger charge is 2.33. The molecule has 192 valence electrons. The Morgan fingerprint density at radius 3 is 2.71 bits per heavy atom. The van der Waals surface area contributed by atoms with Crippen molar-refractivity contribution in [3.63, 3.8) is 0 Å². The number of benzene rings is 2. The lowest BCUT2D eigenvalue weighted by molar-refractivity contribution is -0.387. The minimum atomic E-state index is -0.947. The third kappa shape index (κ3) is 4.48. The first kappa shape index (κ1) is 25.0. The number of halogens is 1. The maximum Gasteiger partial charge on any atom is 0.338 e. The predicted molar refractivity (Wildman–Crippen MR) is 138 cm³/mol. The summed E-state index contributed by atoms with van der Waals surface area (Å²) in [6.45, 7) is 3.60. The first-order valence-corrected chi connectivity index (χ1v) is 12.4. The molecular weight excluding hydrogens is 513 g/mol. The maximum atomic E-state index is 13.7. The Balaban J connectivity index is 1.61. The SMILES string of the molecule is CCOC(=O)C1=C(C)N=c2s/c(=C\c3ccc(-c4ccc(F)c([N+](=O)[O-])c4)o3)c(=O)n2[C@H]1c1ccccc1. The van der Waals surface area contributed by atoms with E-state index in [2.05, 4.69) is 4.99 Å². The lowest BCUT2D eigenvalue weighted by atomic mass is 9.96. The van der Waals surface area contributed by atoms with Gasteiger partial charge in [-0.1, -0.05) is 41.7 Å². The standard InChI is InChI=1S/C27H20FN3O6S/c1-3-36-26(33)23-15(2)29-27-30(24(23)16-7-5-4-6-8-16)25(32)22(38-27)14-18-10-12-21(37-18)17-9-11-19(28)20(13-17)31(34)35/h4-14,24H,3H2,1-2H3/b22-14-/t24-/m0/s1. The van der Waals surface area contributed by atoms with Gasteiger partial charge >= 0.3 is 11.7 Å². The number of esters is 1. The fourth-order valence-corrected chi connectivity index (χ4v) is 5.29. The molecule has 9 nitrogen and oxygen atoms in total. The van der Waals surface area contributed by atoms with Gasteiger partial charge in [0.15, 0.2) is 4.80 Å². The fraction of sp³-hybridized carbons (Fsp3) is 0.148. The Kier molecular flexibility index (Phi) is 6.60. The number of hydrogen-bond donors (Lipinski definition) is 0. The number of carbonyl (C=O) groups is 1. The zero-order chi connectivity index (χ0) is 27.0. The second-order valence-corrected chi connectivity index (χ2v) is 9.35. The molecule has 3 heterocycles. The molecule has 1 atom stereocenters. The van der Waals surface area contributed by atoms with E-state index in [0.717, 1.165) is 29.0 Å². The molecule has 0 bridgehead atoms. The average Bonchev–Trinajstić information content (AvgIpc) is 3.48. The van der Waals surface area contributed by atoms with E-state index >= 15 is 0 Å². The van der Waals surface area contributed by atoms with Gasteiger partial charge in [0.1, 0.15) is 11.5 Å². The van der Waals surface area contributed by atoms with Crippen LogP contribution in [0.15, 0.2) is 86.1 Å². The molecule has 5 rings (SSSR count). The van der Waals surface area contributed by atoms with Crippen LogP contribution in [0.3, 0.4) is 0 Å². The van der Waals surface area contributed by atoms with Gasteiger partial charge in [0.05, 0.1) is 33.4 Å². The van der Waals surface area contributed by atoms with Gasteiger partial charge in [-0.2, -0.15) is 4.39 Å². The molecule has 0 spiro atoms. The number of aromatic nitrogens is 1. The number of nitrogens with zero attached hydrogens (tertiary/aromatic N) is 3. The molecule has 0 N–H and O–H groups in total. The third-order valence-corrected chi connectivity index (χ3v) is 6.94. The van der Waals surface area contributed by atoms with Crippen LogP contribution in [0, 0.1) is 15.9 Å². The summed E-state index contributed by atoms with van der Waals surface area (Å²) in [6.07, 6.45) is 1.54. The van der Waals surface area contributed by atoms with Crippen LogP contribution in [0.2, 0.25) is 0 Å². The van der Waals surface area contributed by atoms with E-state index in [-0.39, 0.29) is 23.5 Å². The first-order valence-electron chi connectivity index (χ1n) is 11.6. The molecule has 1 aliphatic rings. The molecule has 0 saturated carbocycles. The second-order valence-electron chi connectivity index (χ2n) is 8.34. The van der Waals surface area contributed by atoms with Gasteiger partial charge < -0.3 is 9.15 Å². The molecule has 0 aliphatic carbocycles. The Morgan fingerprint density at radius 1 is 1.24 bits per heavy atom. The molecule has 2 aromatic carbocycles. The second kappa shape index (κ2) is 10.0. The van der Waals surface area contributed by atoms with E-state index in [1.165, 1.54) is 16.7 Å². The molecule has 2 aromatic heterocycles. The summed E-state index contributed by atoms with van der Waals surface area (Å²) >= 11 is 1.14. The lowest BCUT2D eigenvalue weighted by Gasteiger charge is -2.24. The molecule has 38 heavy (non-hydrogen) atoms. The summed E-state index contributed by atoms with van der Waals surface area (Å²) < 4.78 is 26.6. The van der Waals surface area contributed by atoms with E-state index in [1.54, 1.807) is 26.0 Å². The number of fused-ring (bicyclic) bond motifs is 1. The van der Waals surface area contributed by atoms with Gasteiger partial charge in [0.2, 0.25) is 5.82 Å². The van der Waals surface area contributed by atoms with Gasteiger partial charge in [0.25, 0.3) is 5.56 Å². The summed E-state index contributed by atoms with van der Waals surface area (Å²) in [7, 11) is 0. The zero-order valence-electron chi connectivity index (χ0n) is 20.2. The van der Waals surface area contributed by atoms with Crippen LogP contribution in [0.1, 0.15) is 31.2 Å². The van der Waals surface area contributed by atoms with Crippen LogP contribution in [-0.4, -0.2) is 22.1 Å². The van der Waals surface area contributed by atoms with Gasteiger partial charge in [-0.3, -0.25) is 19.5 Å². The normalized spacial score (nSPS) is 15.2. The quantitative estimate of drug-likeness (QED) is 0.209. The van der Waals surface area contributed by atoms with Crippen LogP contribution in [0.4, 0.5) is 10.1 Å². The number of furan rings is 1. The van der Waals surface area contributed by atoms with Crippen molar-refractivity contribution in [3.05, 3.63) is 119 Å². The van der Waals surface area contributed by atoms with E-state index in [0.29, 0.717) is 26.4 Å². The van der Waals surface area contributed by atoms with E-state index in [4.69, 9.17) is 9.15 Å². The monoisotopic (exact) mass is 533 g/mol. The van der Waals surface area contributed by atoms with Gasteiger partial charge in [-0.15, -0.1) is 0 Å². The zero-order valence-corrected chi connectivity index (χ0v) is 21.0. The molecule has 0 fully saturated rings. The van der Waals surface area contributed by atoms with Crippen molar-refractivity contribution in [1.82, 2.24) is 4.57 Å². The molecule has 11 heteroatoms. The summed E-state index contributed by atoms with van der Waals surface area (Å²) in [4.78, 5) is 41.7. The lowest BCUT2D eigenvalue weighted by Crippen LogP contribution is -2.39. The Bertz CT molecular complexity index is 1780. The minimum absolute atomic E-state index is 0.180. The summed E-state index contributed by atoms with van der Waals surface area (Å²) in [6, 6.07) is 15.1. The third-order valence-electron chi connectivity index (χ3n) is 5.96. The smallest absolute Gasteiger partial charge is 0.338 e. The molecule has 0 unspecified atom stereocenters. The van der Waals surface area contributed by atoms with Crippen molar-refractivity contribution in [2.24, 2.45) is 4.99 Å². The summed E-state index contributed by atoms with van der Waals surface area (Å²) in [5, 5.41) is 11.1. The van der Waals surface area contributed by atoms with Gasteiger partial charge in [-0.25, -0.2) is 9.79 Å². The number of nitro benzene ring substituents is 1. The van der Waals surface area contributed by atoms with E-state index < -0.39 is 28.4 Å². The molecule has 4 aromatic rings. The minimum Gasteiger partial charge on any atom is -0.463 e. The van der Waals surface area contributed by atoms with Crippen molar-refractivity contribution < 1.29 is 23.3 Å². The molecule has 1 aliphatic heterocycles. The van der Waals surface area contributed by atoms with Crippen molar-refractivity contribution in [2.45, 2.75) is 19.9 Å². The summed E-state index contributed by atoms with van der Waals surface area (Å²) in [5.41, 5.74) is 0.766. The van der Waals surface area contributed by atoms with Crippen molar-refractivity contribution in [3.8, 4) is 11.3 Å². The predicted octanol–water partition coefficient (Wildman–Crippen LogP) is 4.11. The average molecular weight is 534 g/mol. The van der Waals surface area contributed by atoms with Crippen LogP contribution in [-0.2, 0) is 9.53 Å². The molecule has 0 saturated heterocycles. The highest BCUT2D eigenvalue weighted by molar-refractivity contribution is 7.07. The van der Waals surface area contributed by atoms with Crippen LogP contribution in [0.5, 0.6) is 0 Å². The molecular formula is C27H20FN3O6S. The number of hydrogen-bond acceptors (Lipinski definition) is 8. The van der Waals surface area contributed by atoms with Crippen LogP contribution < -0.4 is 14.9 Å². The van der Waals surface area contributed by atoms with Crippen molar-refractivity contribution in [2.75, 3.05) is 6.61 Å². The van der Waals surface area contributed by atoms with Crippen molar-refractivity contribution in [1.29, 1.82) is 0 Å².